The maximum absolute atomic E-state index is 12.4. The van der Waals surface area contributed by atoms with Crippen molar-refractivity contribution in [3.05, 3.63) is 93.3 Å². The van der Waals surface area contributed by atoms with Crippen LogP contribution in [-0.4, -0.2) is 35.5 Å². The minimum Gasteiger partial charge on any atom is -0.476 e. The van der Waals surface area contributed by atoms with Crippen LogP contribution in [0.2, 0.25) is 0 Å². The Balaban J connectivity index is 1.64. The number of benzene rings is 1. The molecular formula is C22H15N5O3S. The zero-order valence-corrected chi connectivity index (χ0v) is 16.9. The molecule has 4 aromatic heterocycles. The minimum absolute atomic E-state index is 0.0433. The van der Waals surface area contributed by atoms with E-state index >= 15 is 0 Å². The third-order valence-electron chi connectivity index (χ3n) is 4.77. The van der Waals surface area contributed by atoms with E-state index in [1.54, 1.807) is 10.6 Å². The van der Waals surface area contributed by atoms with E-state index in [0.717, 1.165) is 22.3 Å². The highest BCUT2D eigenvalue weighted by Crippen LogP contribution is 2.33. The number of thiazole rings is 1. The van der Waals surface area contributed by atoms with E-state index in [-0.39, 0.29) is 17.8 Å². The van der Waals surface area contributed by atoms with E-state index in [1.165, 1.54) is 27.5 Å². The van der Waals surface area contributed by atoms with E-state index in [4.69, 9.17) is 10.2 Å². The molecule has 0 fully saturated rings. The number of pyridine rings is 1. The van der Waals surface area contributed by atoms with E-state index in [0.29, 0.717) is 10.7 Å². The number of carbonyl (C=O) groups is 1. The lowest BCUT2D eigenvalue weighted by atomic mass is 10.0. The summed E-state index contributed by atoms with van der Waals surface area (Å²) in [4.78, 5) is 27.6. The van der Waals surface area contributed by atoms with Crippen molar-refractivity contribution in [1.29, 1.82) is 0 Å². The molecule has 0 unspecified atom stereocenters. The van der Waals surface area contributed by atoms with Crippen LogP contribution in [0, 0.1) is 0 Å². The third kappa shape index (κ3) is 3.51. The summed E-state index contributed by atoms with van der Waals surface area (Å²) in [6.45, 7) is 0.0878. The molecule has 0 saturated carbocycles. The fourth-order valence-corrected chi connectivity index (χ4v) is 4.10. The molecule has 0 aliphatic rings. The molecule has 9 heteroatoms. The number of nitrogens with zero attached hydrogens (tertiary/aromatic N) is 5. The Morgan fingerprint density at radius 1 is 1.00 bits per heavy atom. The van der Waals surface area contributed by atoms with Crippen molar-refractivity contribution in [2.75, 3.05) is 0 Å². The number of carboxylic acid groups (broad SMARTS) is 1. The summed E-state index contributed by atoms with van der Waals surface area (Å²) in [5, 5.41) is 20.3. The number of hydrogen-bond acceptors (Lipinski definition) is 6. The molecule has 4 heterocycles. The predicted octanol–water partition coefficient (Wildman–Crippen LogP) is 3.43. The summed E-state index contributed by atoms with van der Waals surface area (Å²) in [7, 11) is 0. The van der Waals surface area contributed by atoms with Gasteiger partial charge in [0, 0.05) is 23.2 Å². The SMILES string of the molecule is O=C(O)c1csc(Cn2nc(-c3c(-c4ccccc4)nn4ccccc34)ccc2=O)n1. The molecule has 5 aromatic rings. The van der Waals surface area contributed by atoms with Gasteiger partial charge in [0.15, 0.2) is 5.69 Å². The topological polar surface area (TPSA) is 102 Å². The Labute approximate surface area is 179 Å². The number of aromatic nitrogens is 5. The third-order valence-corrected chi connectivity index (χ3v) is 5.60. The molecule has 0 atom stereocenters. The van der Waals surface area contributed by atoms with E-state index < -0.39 is 5.97 Å². The molecule has 1 aromatic carbocycles. The molecule has 0 aliphatic heterocycles. The van der Waals surface area contributed by atoms with E-state index in [9.17, 15) is 9.59 Å². The van der Waals surface area contributed by atoms with Crippen LogP contribution in [0.15, 0.2) is 77.0 Å². The van der Waals surface area contributed by atoms with Crippen molar-refractivity contribution < 1.29 is 9.90 Å². The molecule has 31 heavy (non-hydrogen) atoms. The normalized spacial score (nSPS) is 11.1. The number of carboxylic acids is 1. The molecule has 5 rings (SSSR count). The van der Waals surface area contributed by atoms with Crippen molar-refractivity contribution in [3.8, 4) is 22.5 Å². The van der Waals surface area contributed by atoms with E-state index in [1.807, 2.05) is 54.7 Å². The van der Waals surface area contributed by atoms with Crippen LogP contribution in [-0.2, 0) is 6.54 Å². The van der Waals surface area contributed by atoms with Crippen LogP contribution in [0.5, 0.6) is 0 Å². The van der Waals surface area contributed by atoms with Crippen molar-refractivity contribution in [2.45, 2.75) is 6.54 Å². The Bertz CT molecular complexity index is 1470. The lowest BCUT2D eigenvalue weighted by Crippen LogP contribution is -2.22. The lowest BCUT2D eigenvalue weighted by molar-refractivity contribution is 0.0691. The summed E-state index contributed by atoms with van der Waals surface area (Å²) in [6.07, 6.45) is 1.87. The number of fused-ring (bicyclic) bond motifs is 1. The Kier molecular flexibility index (Phi) is 4.64. The second-order valence-corrected chi connectivity index (χ2v) is 7.71. The average Bonchev–Trinajstić information content (AvgIpc) is 3.41. The van der Waals surface area contributed by atoms with Crippen molar-refractivity contribution in [2.24, 2.45) is 0 Å². The highest BCUT2D eigenvalue weighted by molar-refractivity contribution is 7.09. The Hall–Kier alpha value is -4.11. The number of aromatic carboxylic acids is 1. The van der Waals surface area contributed by atoms with Crippen LogP contribution in [0.4, 0.5) is 0 Å². The van der Waals surface area contributed by atoms with Gasteiger partial charge in [0.2, 0.25) is 0 Å². The molecule has 152 valence electrons. The summed E-state index contributed by atoms with van der Waals surface area (Å²) >= 11 is 1.18. The number of rotatable bonds is 5. The highest BCUT2D eigenvalue weighted by atomic mass is 32.1. The quantitative estimate of drug-likeness (QED) is 0.459. The molecule has 0 radical (unpaired) electrons. The van der Waals surface area contributed by atoms with Gasteiger partial charge < -0.3 is 5.11 Å². The summed E-state index contributed by atoms with van der Waals surface area (Å²) in [6, 6.07) is 18.7. The van der Waals surface area contributed by atoms with Crippen molar-refractivity contribution >= 4 is 22.8 Å². The second-order valence-electron chi connectivity index (χ2n) is 6.77. The van der Waals surface area contributed by atoms with Gasteiger partial charge in [-0.3, -0.25) is 4.79 Å². The fourth-order valence-electron chi connectivity index (χ4n) is 3.35. The molecule has 1 N–H and O–H groups in total. The monoisotopic (exact) mass is 429 g/mol. The zero-order chi connectivity index (χ0) is 21.4. The van der Waals surface area contributed by atoms with Gasteiger partial charge in [-0.05, 0) is 18.2 Å². The van der Waals surface area contributed by atoms with Crippen LogP contribution in [0.3, 0.4) is 0 Å². The van der Waals surface area contributed by atoms with Crippen LogP contribution in [0.25, 0.3) is 28.0 Å². The highest BCUT2D eigenvalue weighted by Gasteiger charge is 2.18. The van der Waals surface area contributed by atoms with Crippen LogP contribution < -0.4 is 5.56 Å². The predicted molar refractivity (Wildman–Crippen MR) is 116 cm³/mol. The largest absolute Gasteiger partial charge is 0.476 e. The second kappa shape index (κ2) is 7.62. The molecular weight excluding hydrogens is 414 g/mol. The molecule has 0 bridgehead atoms. The molecule has 0 aliphatic carbocycles. The molecule has 0 saturated heterocycles. The smallest absolute Gasteiger partial charge is 0.355 e. The molecule has 0 spiro atoms. The van der Waals surface area contributed by atoms with Gasteiger partial charge in [0.25, 0.3) is 5.56 Å². The fraction of sp³-hybridized carbons (Fsp3) is 0.0455. The van der Waals surface area contributed by atoms with Crippen molar-refractivity contribution in [1.82, 2.24) is 24.4 Å². The lowest BCUT2D eigenvalue weighted by Gasteiger charge is -2.07. The first-order valence-corrected chi connectivity index (χ1v) is 10.3. The van der Waals surface area contributed by atoms with Crippen LogP contribution in [0.1, 0.15) is 15.5 Å². The maximum Gasteiger partial charge on any atom is 0.355 e. The van der Waals surface area contributed by atoms with Gasteiger partial charge >= 0.3 is 5.97 Å². The van der Waals surface area contributed by atoms with Gasteiger partial charge in [-0.2, -0.15) is 10.2 Å². The van der Waals surface area contributed by atoms with Crippen LogP contribution >= 0.6 is 11.3 Å². The molecule has 8 nitrogen and oxygen atoms in total. The van der Waals surface area contributed by atoms with Gasteiger partial charge in [0.05, 0.1) is 23.3 Å². The van der Waals surface area contributed by atoms with Gasteiger partial charge in [-0.15, -0.1) is 11.3 Å². The standard InChI is InChI=1S/C22H15N5O3S/c28-19-10-9-15(24-27(19)12-18-23-16(13-31-18)22(29)30)20-17-8-4-5-11-26(17)25-21(20)14-6-2-1-3-7-14/h1-11,13H,12H2,(H,29,30). The number of hydrogen-bond donors (Lipinski definition) is 1. The summed E-state index contributed by atoms with van der Waals surface area (Å²) < 4.78 is 3.08. The van der Waals surface area contributed by atoms with Crippen molar-refractivity contribution in [3.63, 3.8) is 0 Å². The Morgan fingerprint density at radius 2 is 1.81 bits per heavy atom. The van der Waals surface area contributed by atoms with Gasteiger partial charge in [0.1, 0.15) is 10.7 Å². The Morgan fingerprint density at radius 3 is 2.58 bits per heavy atom. The summed E-state index contributed by atoms with van der Waals surface area (Å²) in [5.41, 5.74) is 3.62. The summed E-state index contributed by atoms with van der Waals surface area (Å²) in [5.74, 6) is -1.10. The maximum atomic E-state index is 12.4. The minimum atomic E-state index is -1.10. The first-order valence-electron chi connectivity index (χ1n) is 9.39. The first-order chi connectivity index (χ1) is 15.1. The van der Waals surface area contributed by atoms with Gasteiger partial charge in [-0.1, -0.05) is 36.4 Å². The first kappa shape index (κ1) is 18.9. The zero-order valence-electron chi connectivity index (χ0n) is 16.0. The average molecular weight is 429 g/mol. The molecule has 0 amide bonds. The van der Waals surface area contributed by atoms with Gasteiger partial charge in [-0.25, -0.2) is 19.0 Å². The van der Waals surface area contributed by atoms with E-state index in [2.05, 4.69) is 10.1 Å².